The van der Waals surface area contributed by atoms with Gasteiger partial charge in [-0.05, 0) is 53.2 Å². The average molecular weight is 631 g/mol. The van der Waals surface area contributed by atoms with Crippen LogP contribution >= 0.6 is 11.3 Å². The molecule has 0 N–H and O–H groups in total. The minimum absolute atomic E-state index is 0.642. The highest BCUT2D eigenvalue weighted by molar-refractivity contribution is 7.25. The summed E-state index contributed by atoms with van der Waals surface area (Å²) in [6, 6.07) is 55.6. The predicted octanol–water partition coefficient (Wildman–Crippen LogP) is 11.5. The number of para-hydroxylation sites is 1. The van der Waals surface area contributed by atoms with E-state index in [0.29, 0.717) is 17.5 Å². The lowest BCUT2D eigenvalue weighted by Gasteiger charge is -2.12. The maximum atomic E-state index is 5.20. The maximum absolute atomic E-state index is 5.20. The summed E-state index contributed by atoms with van der Waals surface area (Å²) in [5, 5.41) is 7.32. The summed E-state index contributed by atoms with van der Waals surface area (Å²) in [6.45, 7) is 0. The van der Waals surface area contributed by atoms with Crippen LogP contribution in [0.5, 0.6) is 0 Å². The van der Waals surface area contributed by atoms with E-state index in [1.54, 1.807) is 11.3 Å². The van der Waals surface area contributed by atoms with Crippen LogP contribution in [0.3, 0.4) is 0 Å². The summed E-state index contributed by atoms with van der Waals surface area (Å²) in [7, 11) is 0. The fourth-order valence-electron chi connectivity index (χ4n) is 7.02. The molecule has 5 heteroatoms. The number of thiophene rings is 1. The average Bonchev–Trinajstić information content (AvgIpc) is 3.69. The number of rotatable bonds is 4. The van der Waals surface area contributed by atoms with Crippen molar-refractivity contribution in [1.82, 2.24) is 19.5 Å². The Morgan fingerprint density at radius 1 is 0.417 bits per heavy atom. The largest absolute Gasteiger partial charge is 0.309 e. The van der Waals surface area contributed by atoms with Crippen molar-refractivity contribution in [3.63, 3.8) is 0 Å². The molecular formula is C43H26N4S. The first kappa shape index (κ1) is 27.0. The summed E-state index contributed by atoms with van der Waals surface area (Å²) in [5.41, 5.74) is 6.29. The molecule has 10 rings (SSSR count). The zero-order chi connectivity index (χ0) is 31.6. The van der Waals surface area contributed by atoms with Crippen molar-refractivity contribution < 1.29 is 0 Å². The van der Waals surface area contributed by atoms with Crippen molar-refractivity contribution in [3.8, 4) is 39.9 Å². The van der Waals surface area contributed by atoms with E-state index < -0.39 is 0 Å². The number of fused-ring (bicyclic) bond motifs is 7. The molecule has 0 amide bonds. The summed E-state index contributed by atoms with van der Waals surface area (Å²) in [4.78, 5) is 15.4. The van der Waals surface area contributed by atoms with Gasteiger partial charge in [0.1, 0.15) is 0 Å². The van der Waals surface area contributed by atoms with Crippen molar-refractivity contribution in [1.29, 1.82) is 0 Å². The Morgan fingerprint density at radius 3 is 1.94 bits per heavy atom. The van der Waals surface area contributed by atoms with E-state index in [0.717, 1.165) is 27.9 Å². The molecule has 3 heterocycles. The van der Waals surface area contributed by atoms with Crippen molar-refractivity contribution >= 4 is 64.1 Å². The van der Waals surface area contributed by atoms with Crippen LogP contribution in [-0.2, 0) is 0 Å². The van der Waals surface area contributed by atoms with E-state index in [4.69, 9.17) is 15.0 Å². The van der Waals surface area contributed by atoms with E-state index in [1.165, 1.54) is 47.2 Å². The van der Waals surface area contributed by atoms with Crippen LogP contribution in [0.1, 0.15) is 0 Å². The van der Waals surface area contributed by atoms with E-state index in [9.17, 15) is 0 Å². The van der Waals surface area contributed by atoms with Gasteiger partial charge in [0.15, 0.2) is 17.5 Å². The summed E-state index contributed by atoms with van der Waals surface area (Å²) < 4.78 is 4.83. The lowest BCUT2D eigenvalue weighted by atomic mass is 10.1. The molecule has 0 fully saturated rings. The van der Waals surface area contributed by atoms with E-state index in [-0.39, 0.29) is 0 Å². The van der Waals surface area contributed by atoms with Gasteiger partial charge in [0, 0.05) is 53.3 Å². The lowest BCUT2D eigenvalue weighted by Crippen LogP contribution is -2.01. The molecule has 3 aromatic heterocycles. The molecule has 0 atom stereocenters. The molecule has 0 radical (unpaired) electrons. The van der Waals surface area contributed by atoms with Crippen LogP contribution in [0.4, 0.5) is 0 Å². The Morgan fingerprint density at radius 2 is 1.06 bits per heavy atom. The van der Waals surface area contributed by atoms with Gasteiger partial charge in [0.25, 0.3) is 0 Å². The quantitative estimate of drug-likeness (QED) is 0.194. The van der Waals surface area contributed by atoms with Crippen LogP contribution in [0, 0.1) is 0 Å². The topological polar surface area (TPSA) is 43.6 Å². The molecular weight excluding hydrogens is 605 g/mol. The molecule has 0 bridgehead atoms. The first-order valence-corrected chi connectivity index (χ1v) is 16.9. The first-order chi connectivity index (χ1) is 23.8. The van der Waals surface area contributed by atoms with Crippen LogP contribution < -0.4 is 0 Å². The molecule has 48 heavy (non-hydrogen) atoms. The molecule has 0 aliphatic heterocycles. The van der Waals surface area contributed by atoms with Gasteiger partial charge < -0.3 is 4.57 Å². The molecule has 0 aliphatic carbocycles. The number of nitrogens with zero attached hydrogens (tertiary/aromatic N) is 4. The van der Waals surface area contributed by atoms with Gasteiger partial charge in [0.05, 0.1) is 11.0 Å². The smallest absolute Gasteiger partial charge is 0.164 e. The van der Waals surface area contributed by atoms with Crippen LogP contribution in [0.25, 0.3) is 92.6 Å². The molecule has 224 valence electrons. The Labute approximate surface area is 280 Å². The van der Waals surface area contributed by atoms with Crippen molar-refractivity contribution in [2.75, 3.05) is 0 Å². The third kappa shape index (κ3) is 4.25. The highest BCUT2D eigenvalue weighted by atomic mass is 32.1. The van der Waals surface area contributed by atoms with E-state index >= 15 is 0 Å². The molecule has 0 saturated carbocycles. The van der Waals surface area contributed by atoms with Crippen LogP contribution in [0.15, 0.2) is 158 Å². The van der Waals surface area contributed by atoms with Gasteiger partial charge in [-0.25, -0.2) is 15.0 Å². The Bertz CT molecular complexity index is 2850. The van der Waals surface area contributed by atoms with Gasteiger partial charge in [0.2, 0.25) is 0 Å². The molecule has 4 nitrogen and oxygen atoms in total. The fraction of sp³-hybridized carbons (Fsp3) is 0. The fourth-order valence-corrected chi connectivity index (χ4v) is 8.15. The van der Waals surface area contributed by atoms with Gasteiger partial charge in [-0.2, -0.15) is 0 Å². The monoisotopic (exact) mass is 630 g/mol. The van der Waals surface area contributed by atoms with Gasteiger partial charge in [-0.3, -0.25) is 0 Å². The molecule has 7 aromatic carbocycles. The zero-order valence-electron chi connectivity index (χ0n) is 25.7. The van der Waals surface area contributed by atoms with E-state index in [2.05, 4.69) is 144 Å². The van der Waals surface area contributed by atoms with E-state index in [1.807, 2.05) is 18.2 Å². The minimum Gasteiger partial charge on any atom is -0.309 e. The van der Waals surface area contributed by atoms with Crippen molar-refractivity contribution in [2.45, 2.75) is 0 Å². The second-order valence-electron chi connectivity index (χ2n) is 12.1. The molecule has 0 spiro atoms. The van der Waals surface area contributed by atoms with Gasteiger partial charge in [-0.15, -0.1) is 11.3 Å². The minimum atomic E-state index is 0.642. The highest BCUT2D eigenvalue weighted by Gasteiger charge is 2.18. The number of hydrogen-bond donors (Lipinski definition) is 0. The first-order valence-electron chi connectivity index (χ1n) is 16.0. The Balaban J connectivity index is 1.21. The summed E-state index contributed by atoms with van der Waals surface area (Å²) in [6.07, 6.45) is 0. The number of benzene rings is 7. The number of aromatic nitrogens is 4. The van der Waals surface area contributed by atoms with Crippen molar-refractivity contribution in [3.05, 3.63) is 158 Å². The molecule has 0 aliphatic rings. The van der Waals surface area contributed by atoms with Crippen LogP contribution in [-0.4, -0.2) is 19.5 Å². The lowest BCUT2D eigenvalue weighted by molar-refractivity contribution is 1.07. The summed E-state index contributed by atoms with van der Waals surface area (Å²) >= 11 is 1.80. The molecule has 0 saturated heterocycles. The van der Waals surface area contributed by atoms with Gasteiger partial charge in [-0.1, -0.05) is 115 Å². The zero-order valence-corrected chi connectivity index (χ0v) is 26.5. The standard InChI is InChI=1S/C43H26N4S/c1-2-12-27(13-3-1)41-44-42(46-43(45-41)34-20-11-23-39-40(34)33-19-7-9-22-38(33)48-39)30-16-10-17-31(24-30)47-36-21-8-6-18-32(36)35-25-28-14-4-5-15-29(28)26-37(35)47/h1-26H. The highest BCUT2D eigenvalue weighted by Crippen LogP contribution is 2.40. The van der Waals surface area contributed by atoms with Gasteiger partial charge >= 0.3 is 0 Å². The Kier molecular flexibility index (Phi) is 6.01. The number of hydrogen-bond acceptors (Lipinski definition) is 4. The molecule has 10 aromatic rings. The van der Waals surface area contributed by atoms with Crippen molar-refractivity contribution in [2.24, 2.45) is 0 Å². The SMILES string of the molecule is c1ccc(-c2nc(-c3cccc(-n4c5ccccc5c5cc6ccccc6cc54)c3)nc(-c3cccc4sc5ccccc5c34)n2)cc1. The Hall–Kier alpha value is -6.17. The van der Waals surface area contributed by atoms with Crippen LogP contribution in [0.2, 0.25) is 0 Å². The second-order valence-corrected chi connectivity index (χ2v) is 13.2. The third-order valence-corrected chi connectivity index (χ3v) is 10.3. The normalized spacial score (nSPS) is 11.8. The predicted molar refractivity (Wildman–Crippen MR) is 201 cm³/mol. The third-order valence-electron chi connectivity index (χ3n) is 9.21. The second kappa shape index (κ2) is 10.7. The molecule has 0 unspecified atom stereocenters. The maximum Gasteiger partial charge on any atom is 0.164 e. The summed E-state index contributed by atoms with van der Waals surface area (Å²) in [5.74, 6) is 1.96.